The van der Waals surface area contributed by atoms with Crippen molar-refractivity contribution in [1.29, 1.82) is 0 Å². The van der Waals surface area contributed by atoms with Crippen molar-refractivity contribution in [3.05, 3.63) is 0 Å². The SMILES string of the molecule is CNC(=O)C1CCNC1C(F)C(F)F. The van der Waals surface area contributed by atoms with Gasteiger partial charge in [0.2, 0.25) is 5.91 Å². The average Bonchev–Trinajstić information content (AvgIpc) is 2.63. The number of hydrogen-bond acceptors (Lipinski definition) is 2. The van der Waals surface area contributed by atoms with Gasteiger partial charge in [0.05, 0.1) is 12.0 Å². The van der Waals surface area contributed by atoms with Crippen LogP contribution in [0.1, 0.15) is 6.42 Å². The second kappa shape index (κ2) is 4.63. The summed E-state index contributed by atoms with van der Waals surface area (Å²) in [7, 11) is 1.41. The molecular weight excluding hydrogens is 197 g/mol. The molecule has 0 aromatic carbocycles. The van der Waals surface area contributed by atoms with Crippen molar-refractivity contribution in [3.8, 4) is 0 Å². The number of rotatable bonds is 3. The molecule has 82 valence electrons. The third kappa shape index (κ3) is 2.17. The maximum atomic E-state index is 13.0. The molecule has 1 amide bonds. The highest BCUT2D eigenvalue weighted by molar-refractivity contribution is 5.79. The number of carbonyl (C=O) groups is 1. The second-order valence-corrected chi connectivity index (χ2v) is 3.27. The van der Waals surface area contributed by atoms with E-state index in [1.807, 2.05) is 0 Å². The van der Waals surface area contributed by atoms with Crippen LogP contribution in [0.25, 0.3) is 0 Å². The van der Waals surface area contributed by atoms with Crippen LogP contribution >= 0.6 is 0 Å². The Morgan fingerprint density at radius 1 is 1.50 bits per heavy atom. The normalized spacial score (nSPS) is 29.2. The van der Waals surface area contributed by atoms with E-state index >= 15 is 0 Å². The minimum atomic E-state index is -3.04. The molecule has 3 atom stereocenters. The Balaban J connectivity index is 2.63. The number of hydrogen-bond donors (Lipinski definition) is 2. The lowest BCUT2D eigenvalue weighted by molar-refractivity contribution is -0.125. The fraction of sp³-hybridized carbons (Fsp3) is 0.875. The summed E-state index contributed by atoms with van der Waals surface area (Å²) in [5.74, 6) is -1.08. The van der Waals surface area contributed by atoms with Crippen LogP contribution in [0.15, 0.2) is 0 Å². The molecule has 1 aliphatic rings. The topological polar surface area (TPSA) is 41.1 Å². The van der Waals surface area contributed by atoms with Crippen molar-refractivity contribution in [2.45, 2.75) is 25.1 Å². The van der Waals surface area contributed by atoms with Crippen molar-refractivity contribution in [3.63, 3.8) is 0 Å². The van der Waals surface area contributed by atoms with Crippen LogP contribution in [0.3, 0.4) is 0 Å². The van der Waals surface area contributed by atoms with Crippen molar-refractivity contribution in [2.24, 2.45) is 5.92 Å². The number of amides is 1. The zero-order chi connectivity index (χ0) is 10.7. The summed E-state index contributed by atoms with van der Waals surface area (Å²) in [6, 6.07) is -1.06. The van der Waals surface area contributed by atoms with E-state index in [0.29, 0.717) is 13.0 Å². The molecule has 0 aromatic rings. The van der Waals surface area contributed by atoms with Gasteiger partial charge in [-0.15, -0.1) is 0 Å². The van der Waals surface area contributed by atoms with Gasteiger partial charge in [0.25, 0.3) is 6.43 Å². The van der Waals surface area contributed by atoms with E-state index in [1.54, 1.807) is 0 Å². The van der Waals surface area contributed by atoms with Crippen LogP contribution in [-0.4, -0.2) is 38.1 Å². The van der Waals surface area contributed by atoms with Crippen LogP contribution in [0.5, 0.6) is 0 Å². The molecule has 6 heteroatoms. The molecule has 1 heterocycles. The quantitative estimate of drug-likeness (QED) is 0.704. The van der Waals surface area contributed by atoms with E-state index in [0.717, 1.165) is 0 Å². The number of halogens is 3. The summed E-state index contributed by atoms with van der Waals surface area (Å²) >= 11 is 0. The van der Waals surface area contributed by atoms with Gasteiger partial charge in [-0.3, -0.25) is 4.79 Å². The van der Waals surface area contributed by atoms with Crippen molar-refractivity contribution in [2.75, 3.05) is 13.6 Å². The number of alkyl halides is 3. The standard InChI is InChI=1S/C8H13F3N2O/c1-12-8(14)4-2-3-13-6(4)5(9)7(10)11/h4-7,13H,2-3H2,1H3,(H,12,14). The molecule has 1 saturated heterocycles. The second-order valence-electron chi connectivity index (χ2n) is 3.27. The Morgan fingerprint density at radius 2 is 2.14 bits per heavy atom. The highest BCUT2D eigenvalue weighted by Crippen LogP contribution is 2.23. The molecule has 1 fully saturated rings. The molecule has 1 rings (SSSR count). The van der Waals surface area contributed by atoms with E-state index in [9.17, 15) is 18.0 Å². The Morgan fingerprint density at radius 3 is 2.64 bits per heavy atom. The van der Waals surface area contributed by atoms with Gasteiger partial charge in [-0.25, -0.2) is 13.2 Å². The molecule has 1 aliphatic heterocycles. The molecule has 14 heavy (non-hydrogen) atoms. The minimum absolute atomic E-state index is 0.386. The maximum absolute atomic E-state index is 13.0. The maximum Gasteiger partial charge on any atom is 0.270 e. The zero-order valence-corrected chi connectivity index (χ0v) is 7.77. The summed E-state index contributed by atoms with van der Waals surface area (Å²) in [4.78, 5) is 11.2. The van der Waals surface area contributed by atoms with E-state index in [1.165, 1.54) is 7.05 Å². The zero-order valence-electron chi connectivity index (χ0n) is 7.77. The third-order valence-electron chi connectivity index (χ3n) is 2.44. The first-order chi connectivity index (χ1) is 6.57. The third-order valence-corrected chi connectivity index (χ3v) is 2.44. The Kier molecular flexibility index (Phi) is 3.74. The number of carbonyl (C=O) groups excluding carboxylic acids is 1. The van der Waals surface area contributed by atoms with Gasteiger partial charge in [-0.05, 0) is 13.0 Å². The lowest BCUT2D eigenvalue weighted by Gasteiger charge is -2.21. The van der Waals surface area contributed by atoms with Crippen molar-refractivity contribution >= 4 is 5.91 Å². The van der Waals surface area contributed by atoms with Crippen molar-refractivity contribution < 1.29 is 18.0 Å². The minimum Gasteiger partial charge on any atom is -0.359 e. The van der Waals surface area contributed by atoms with Crippen molar-refractivity contribution in [1.82, 2.24) is 10.6 Å². The first kappa shape index (κ1) is 11.3. The van der Waals surface area contributed by atoms with Crippen LogP contribution in [-0.2, 0) is 4.79 Å². The summed E-state index contributed by atoms with van der Waals surface area (Å²) in [5, 5.41) is 4.93. The Bertz CT molecular complexity index is 213. The summed E-state index contributed by atoms with van der Waals surface area (Å²) in [6.45, 7) is 0.399. The number of nitrogens with one attached hydrogen (secondary N) is 2. The predicted octanol–water partition coefficient (Wildman–Crippen LogP) is 0.314. The summed E-state index contributed by atoms with van der Waals surface area (Å²) in [6.07, 6.45) is -4.92. The molecule has 0 spiro atoms. The van der Waals surface area contributed by atoms with E-state index in [2.05, 4.69) is 10.6 Å². The fourth-order valence-corrected chi connectivity index (χ4v) is 1.70. The van der Waals surface area contributed by atoms with Crippen LogP contribution in [0.4, 0.5) is 13.2 Å². The molecular formula is C8H13F3N2O. The lowest BCUT2D eigenvalue weighted by atomic mass is 9.96. The van der Waals surface area contributed by atoms with Gasteiger partial charge >= 0.3 is 0 Å². The molecule has 2 N–H and O–H groups in total. The average molecular weight is 210 g/mol. The molecule has 3 unspecified atom stereocenters. The first-order valence-electron chi connectivity index (χ1n) is 4.45. The van der Waals surface area contributed by atoms with Crippen LogP contribution in [0, 0.1) is 5.92 Å². The monoisotopic (exact) mass is 210 g/mol. The fourth-order valence-electron chi connectivity index (χ4n) is 1.70. The van der Waals surface area contributed by atoms with Gasteiger partial charge in [-0.2, -0.15) is 0 Å². The highest BCUT2D eigenvalue weighted by Gasteiger charge is 2.41. The van der Waals surface area contributed by atoms with E-state index < -0.39 is 24.6 Å². The molecule has 3 nitrogen and oxygen atoms in total. The molecule has 0 saturated carbocycles. The van der Waals surface area contributed by atoms with E-state index in [-0.39, 0.29) is 5.91 Å². The highest BCUT2D eigenvalue weighted by atomic mass is 19.3. The summed E-state index contributed by atoms with van der Waals surface area (Å²) in [5.41, 5.74) is 0. The lowest BCUT2D eigenvalue weighted by Crippen LogP contribution is -2.45. The Labute approximate surface area is 80.0 Å². The van der Waals surface area contributed by atoms with Crippen LogP contribution < -0.4 is 10.6 Å². The van der Waals surface area contributed by atoms with Gasteiger partial charge in [0.15, 0.2) is 6.17 Å². The van der Waals surface area contributed by atoms with Gasteiger partial charge in [0, 0.05) is 7.05 Å². The molecule has 0 radical (unpaired) electrons. The molecule has 0 aromatic heterocycles. The van der Waals surface area contributed by atoms with Gasteiger partial charge in [0.1, 0.15) is 0 Å². The van der Waals surface area contributed by atoms with Gasteiger partial charge in [-0.1, -0.05) is 0 Å². The smallest absolute Gasteiger partial charge is 0.270 e. The van der Waals surface area contributed by atoms with Crippen LogP contribution in [0.2, 0.25) is 0 Å². The first-order valence-corrected chi connectivity index (χ1v) is 4.45. The molecule has 0 aliphatic carbocycles. The largest absolute Gasteiger partial charge is 0.359 e. The van der Waals surface area contributed by atoms with E-state index in [4.69, 9.17) is 0 Å². The van der Waals surface area contributed by atoms with Gasteiger partial charge < -0.3 is 10.6 Å². The predicted molar refractivity (Wildman–Crippen MR) is 44.9 cm³/mol. The molecule has 0 bridgehead atoms. The Hall–Kier alpha value is -0.780. The summed E-state index contributed by atoms with van der Waals surface area (Å²) < 4.78 is 37.1.